The highest BCUT2D eigenvalue weighted by atomic mass is 35.5. The van der Waals surface area contributed by atoms with E-state index in [0.717, 1.165) is 31.2 Å². The van der Waals surface area contributed by atoms with Crippen LogP contribution in [0.25, 0.3) is 0 Å². The predicted octanol–water partition coefficient (Wildman–Crippen LogP) is 2.77. The van der Waals surface area contributed by atoms with Gasteiger partial charge in [0, 0.05) is 24.4 Å². The zero-order chi connectivity index (χ0) is 14.6. The van der Waals surface area contributed by atoms with Gasteiger partial charge in [-0.15, -0.1) is 12.4 Å². The third-order valence-electron chi connectivity index (χ3n) is 4.42. The fraction of sp³-hybridized carbons (Fsp3) is 0.562. The van der Waals surface area contributed by atoms with E-state index in [2.05, 4.69) is 5.32 Å². The molecule has 2 rings (SSSR count). The second-order valence-electron chi connectivity index (χ2n) is 5.85. The number of hydrogen-bond acceptors (Lipinski definition) is 2. The van der Waals surface area contributed by atoms with Gasteiger partial charge in [0.2, 0.25) is 5.91 Å². The number of halogens is 2. The molecule has 1 atom stereocenters. The Bertz CT molecular complexity index is 458. The fourth-order valence-electron chi connectivity index (χ4n) is 2.96. The maximum absolute atomic E-state index is 13.1. The molecule has 1 amide bonds. The highest BCUT2D eigenvalue weighted by Gasteiger charge is 2.36. The van der Waals surface area contributed by atoms with Crippen molar-refractivity contribution >= 4 is 18.3 Å². The van der Waals surface area contributed by atoms with Crippen molar-refractivity contribution < 1.29 is 9.18 Å². The van der Waals surface area contributed by atoms with E-state index >= 15 is 0 Å². The molecule has 1 aliphatic rings. The molecular weight excluding hydrogens is 291 g/mol. The minimum Gasteiger partial charge on any atom is -0.355 e. The number of amides is 1. The molecule has 1 saturated carbocycles. The standard InChI is InChI=1S/C16H23FN2O.ClH/c1-12(10-18)15(20)19-11-16(8-2-3-9-16)13-4-6-14(17)7-5-13;/h4-7,12H,2-3,8-11,18H2,1H3,(H,19,20);1H. The third kappa shape index (κ3) is 4.17. The molecule has 1 fully saturated rings. The van der Waals surface area contributed by atoms with Crippen LogP contribution in [0.4, 0.5) is 4.39 Å². The largest absolute Gasteiger partial charge is 0.355 e. The van der Waals surface area contributed by atoms with Crippen molar-refractivity contribution in [2.75, 3.05) is 13.1 Å². The molecule has 1 aliphatic carbocycles. The van der Waals surface area contributed by atoms with Gasteiger partial charge in [-0.2, -0.15) is 0 Å². The average Bonchev–Trinajstić information content (AvgIpc) is 2.94. The topological polar surface area (TPSA) is 55.1 Å². The van der Waals surface area contributed by atoms with Crippen LogP contribution in [0, 0.1) is 11.7 Å². The van der Waals surface area contributed by atoms with Gasteiger partial charge in [0.05, 0.1) is 0 Å². The van der Waals surface area contributed by atoms with E-state index in [1.807, 2.05) is 19.1 Å². The lowest BCUT2D eigenvalue weighted by Crippen LogP contribution is -2.42. The molecule has 0 aliphatic heterocycles. The van der Waals surface area contributed by atoms with E-state index in [4.69, 9.17) is 5.73 Å². The van der Waals surface area contributed by atoms with Crippen LogP contribution in [-0.2, 0) is 10.2 Å². The Balaban J connectivity index is 0.00000220. The molecule has 1 aromatic carbocycles. The molecule has 5 heteroatoms. The van der Waals surface area contributed by atoms with E-state index in [1.54, 1.807) is 0 Å². The van der Waals surface area contributed by atoms with Crippen LogP contribution in [0.5, 0.6) is 0 Å². The fourth-order valence-corrected chi connectivity index (χ4v) is 2.96. The van der Waals surface area contributed by atoms with E-state index in [9.17, 15) is 9.18 Å². The molecule has 0 aromatic heterocycles. The van der Waals surface area contributed by atoms with Crippen LogP contribution in [0.3, 0.4) is 0 Å². The quantitative estimate of drug-likeness (QED) is 0.878. The van der Waals surface area contributed by atoms with Gasteiger partial charge in [0.1, 0.15) is 5.82 Å². The van der Waals surface area contributed by atoms with Crippen molar-refractivity contribution in [2.24, 2.45) is 11.7 Å². The van der Waals surface area contributed by atoms with Gasteiger partial charge in [-0.05, 0) is 30.5 Å². The zero-order valence-electron chi connectivity index (χ0n) is 12.4. The molecule has 0 bridgehead atoms. The molecule has 118 valence electrons. The summed E-state index contributed by atoms with van der Waals surface area (Å²) in [5.74, 6) is -0.384. The van der Waals surface area contributed by atoms with Crippen LogP contribution in [0.1, 0.15) is 38.2 Å². The number of hydrogen-bond donors (Lipinski definition) is 2. The van der Waals surface area contributed by atoms with Crippen LogP contribution >= 0.6 is 12.4 Å². The number of carbonyl (C=O) groups is 1. The maximum atomic E-state index is 13.1. The number of benzene rings is 1. The molecule has 3 nitrogen and oxygen atoms in total. The Morgan fingerprint density at radius 2 is 1.90 bits per heavy atom. The van der Waals surface area contributed by atoms with Gasteiger partial charge < -0.3 is 11.1 Å². The van der Waals surface area contributed by atoms with E-state index < -0.39 is 0 Å². The summed E-state index contributed by atoms with van der Waals surface area (Å²) in [6.07, 6.45) is 4.38. The molecule has 0 radical (unpaired) electrons. The van der Waals surface area contributed by atoms with Gasteiger partial charge >= 0.3 is 0 Å². The van der Waals surface area contributed by atoms with Crippen LogP contribution in [0.2, 0.25) is 0 Å². The summed E-state index contributed by atoms with van der Waals surface area (Å²) >= 11 is 0. The van der Waals surface area contributed by atoms with Crippen molar-refractivity contribution in [3.8, 4) is 0 Å². The van der Waals surface area contributed by atoms with Crippen LogP contribution in [0.15, 0.2) is 24.3 Å². The summed E-state index contributed by atoms with van der Waals surface area (Å²) in [7, 11) is 0. The number of rotatable bonds is 5. The molecule has 1 unspecified atom stereocenters. The van der Waals surface area contributed by atoms with Crippen molar-refractivity contribution in [2.45, 2.75) is 38.0 Å². The van der Waals surface area contributed by atoms with Crippen molar-refractivity contribution in [1.82, 2.24) is 5.32 Å². The summed E-state index contributed by atoms with van der Waals surface area (Å²) in [5.41, 5.74) is 6.59. The van der Waals surface area contributed by atoms with Gasteiger partial charge in [-0.25, -0.2) is 4.39 Å². The molecule has 0 spiro atoms. The zero-order valence-corrected chi connectivity index (χ0v) is 13.2. The van der Waals surface area contributed by atoms with Gasteiger partial charge in [0.15, 0.2) is 0 Å². The smallest absolute Gasteiger partial charge is 0.224 e. The second kappa shape index (κ2) is 7.76. The first-order chi connectivity index (χ1) is 9.57. The van der Waals surface area contributed by atoms with Gasteiger partial charge in [-0.3, -0.25) is 4.79 Å². The van der Waals surface area contributed by atoms with Crippen molar-refractivity contribution in [3.63, 3.8) is 0 Å². The number of carbonyl (C=O) groups excluding carboxylic acids is 1. The number of nitrogens with one attached hydrogen (secondary N) is 1. The van der Waals surface area contributed by atoms with E-state index in [-0.39, 0.29) is 35.5 Å². The van der Waals surface area contributed by atoms with Gasteiger partial charge in [-0.1, -0.05) is 31.9 Å². The first-order valence-electron chi connectivity index (χ1n) is 7.31. The molecule has 3 N–H and O–H groups in total. The Hall–Kier alpha value is -1.13. The third-order valence-corrected chi connectivity index (χ3v) is 4.42. The molecule has 0 heterocycles. The predicted molar refractivity (Wildman–Crippen MR) is 85.0 cm³/mol. The summed E-state index contributed by atoms with van der Waals surface area (Å²) in [6, 6.07) is 6.69. The summed E-state index contributed by atoms with van der Waals surface area (Å²) in [4.78, 5) is 11.9. The molecule has 21 heavy (non-hydrogen) atoms. The lowest BCUT2D eigenvalue weighted by molar-refractivity contribution is -0.124. The number of nitrogens with two attached hydrogens (primary N) is 1. The normalized spacial score (nSPS) is 17.9. The lowest BCUT2D eigenvalue weighted by atomic mass is 9.78. The van der Waals surface area contributed by atoms with Crippen molar-refractivity contribution in [1.29, 1.82) is 0 Å². The van der Waals surface area contributed by atoms with Crippen LogP contribution < -0.4 is 11.1 Å². The summed E-state index contributed by atoms with van der Waals surface area (Å²) in [5, 5.41) is 3.02. The molecule has 1 aromatic rings. The van der Waals surface area contributed by atoms with E-state index in [0.29, 0.717) is 13.1 Å². The highest BCUT2D eigenvalue weighted by molar-refractivity contribution is 5.85. The summed E-state index contributed by atoms with van der Waals surface area (Å²) in [6.45, 7) is 2.80. The first kappa shape index (κ1) is 17.9. The maximum Gasteiger partial charge on any atom is 0.224 e. The Kier molecular flexibility index (Phi) is 6.62. The highest BCUT2D eigenvalue weighted by Crippen LogP contribution is 2.40. The van der Waals surface area contributed by atoms with Crippen LogP contribution in [-0.4, -0.2) is 19.0 Å². The van der Waals surface area contributed by atoms with E-state index in [1.165, 1.54) is 12.1 Å². The Labute approximate surface area is 131 Å². The van der Waals surface area contributed by atoms with Crippen molar-refractivity contribution in [3.05, 3.63) is 35.6 Å². The lowest BCUT2D eigenvalue weighted by Gasteiger charge is -2.30. The average molecular weight is 315 g/mol. The molecule has 0 saturated heterocycles. The SMILES string of the molecule is CC(CN)C(=O)NCC1(c2ccc(F)cc2)CCCC1.Cl. The minimum absolute atomic E-state index is 0. The van der Waals surface area contributed by atoms with Gasteiger partial charge in [0.25, 0.3) is 0 Å². The monoisotopic (exact) mass is 314 g/mol. The Morgan fingerprint density at radius 3 is 2.43 bits per heavy atom. The minimum atomic E-state index is -0.220. The Morgan fingerprint density at radius 1 is 1.33 bits per heavy atom. The molecular formula is C16H24ClFN2O. The summed E-state index contributed by atoms with van der Waals surface area (Å²) < 4.78 is 13.1. The second-order valence-corrected chi connectivity index (χ2v) is 5.85. The first-order valence-corrected chi connectivity index (χ1v) is 7.31.